The molecule has 2 rings (SSSR count). The molecule has 0 saturated heterocycles. The third-order valence-electron chi connectivity index (χ3n) is 3.71. The molecule has 4 heteroatoms. The SMILES string of the molecule is Cc1ccc(CCCC(=O)N[C@@H](C(N)=O)c2ccccc2)cc1. The van der Waals surface area contributed by atoms with Gasteiger partial charge >= 0.3 is 0 Å². The Bertz CT molecular complexity index is 651. The van der Waals surface area contributed by atoms with Gasteiger partial charge in [0.25, 0.3) is 0 Å². The third kappa shape index (κ3) is 5.25. The standard InChI is InChI=1S/C19H22N2O2/c1-14-10-12-15(13-11-14)6-5-9-17(22)21-18(19(20)23)16-7-3-2-4-8-16/h2-4,7-8,10-13,18H,5-6,9H2,1H3,(H2,20,23)(H,21,22)/t18-/m1/s1. The Kier molecular flexibility index (Phi) is 5.92. The number of carbonyl (C=O) groups excluding carboxylic acids is 2. The number of hydrogen-bond donors (Lipinski definition) is 2. The van der Waals surface area contributed by atoms with Crippen LogP contribution in [0.25, 0.3) is 0 Å². The number of hydrogen-bond acceptors (Lipinski definition) is 2. The van der Waals surface area contributed by atoms with Gasteiger partial charge in [-0.3, -0.25) is 9.59 Å². The summed E-state index contributed by atoms with van der Waals surface area (Å²) < 4.78 is 0. The Morgan fingerprint density at radius 2 is 1.70 bits per heavy atom. The molecule has 4 nitrogen and oxygen atoms in total. The second-order valence-corrected chi connectivity index (χ2v) is 5.65. The van der Waals surface area contributed by atoms with Crippen LogP contribution in [0.5, 0.6) is 0 Å². The summed E-state index contributed by atoms with van der Waals surface area (Å²) in [6, 6.07) is 16.5. The van der Waals surface area contributed by atoms with Crippen molar-refractivity contribution in [3.05, 3.63) is 71.3 Å². The van der Waals surface area contributed by atoms with Gasteiger partial charge in [0, 0.05) is 6.42 Å². The molecule has 2 aromatic carbocycles. The lowest BCUT2D eigenvalue weighted by Crippen LogP contribution is -2.37. The fraction of sp³-hybridized carbons (Fsp3) is 0.263. The van der Waals surface area contributed by atoms with Crippen molar-refractivity contribution in [2.75, 3.05) is 0 Å². The second kappa shape index (κ2) is 8.13. The summed E-state index contributed by atoms with van der Waals surface area (Å²) in [4.78, 5) is 23.6. The zero-order valence-corrected chi connectivity index (χ0v) is 13.3. The Morgan fingerprint density at radius 1 is 1.04 bits per heavy atom. The van der Waals surface area contributed by atoms with E-state index in [2.05, 4.69) is 29.6 Å². The number of nitrogens with two attached hydrogens (primary N) is 1. The maximum absolute atomic E-state index is 12.1. The molecular weight excluding hydrogens is 288 g/mol. The second-order valence-electron chi connectivity index (χ2n) is 5.65. The summed E-state index contributed by atoms with van der Waals surface area (Å²) in [5, 5.41) is 2.71. The van der Waals surface area contributed by atoms with Crippen LogP contribution in [0.4, 0.5) is 0 Å². The van der Waals surface area contributed by atoms with Crippen molar-refractivity contribution >= 4 is 11.8 Å². The highest BCUT2D eigenvalue weighted by Gasteiger charge is 2.19. The van der Waals surface area contributed by atoms with E-state index in [1.807, 2.05) is 25.1 Å². The number of aryl methyl sites for hydroxylation is 2. The Hall–Kier alpha value is -2.62. The van der Waals surface area contributed by atoms with Crippen molar-refractivity contribution in [3.63, 3.8) is 0 Å². The summed E-state index contributed by atoms with van der Waals surface area (Å²) in [6.07, 6.45) is 1.93. The minimum absolute atomic E-state index is 0.162. The molecule has 0 saturated carbocycles. The topological polar surface area (TPSA) is 72.2 Å². The molecule has 2 amide bonds. The number of rotatable bonds is 7. The average molecular weight is 310 g/mol. The van der Waals surface area contributed by atoms with Gasteiger partial charge < -0.3 is 11.1 Å². The first-order valence-corrected chi connectivity index (χ1v) is 7.75. The highest BCUT2D eigenvalue weighted by Crippen LogP contribution is 2.13. The van der Waals surface area contributed by atoms with E-state index in [0.29, 0.717) is 12.0 Å². The van der Waals surface area contributed by atoms with Crippen molar-refractivity contribution in [3.8, 4) is 0 Å². The first-order chi connectivity index (χ1) is 11.1. The van der Waals surface area contributed by atoms with Crippen LogP contribution in [0.1, 0.15) is 35.6 Å². The zero-order valence-electron chi connectivity index (χ0n) is 13.3. The van der Waals surface area contributed by atoms with Crippen LogP contribution in [0.3, 0.4) is 0 Å². The molecule has 0 radical (unpaired) electrons. The summed E-state index contributed by atoms with van der Waals surface area (Å²) >= 11 is 0. The molecule has 3 N–H and O–H groups in total. The molecular formula is C19H22N2O2. The molecule has 0 bridgehead atoms. The van der Waals surface area contributed by atoms with E-state index < -0.39 is 11.9 Å². The highest BCUT2D eigenvalue weighted by atomic mass is 16.2. The first-order valence-electron chi connectivity index (χ1n) is 7.75. The highest BCUT2D eigenvalue weighted by molar-refractivity contribution is 5.87. The van der Waals surface area contributed by atoms with Gasteiger partial charge in [-0.15, -0.1) is 0 Å². The van der Waals surface area contributed by atoms with Crippen molar-refractivity contribution in [2.45, 2.75) is 32.2 Å². The Balaban J connectivity index is 1.85. The van der Waals surface area contributed by atoms with Crippen LogP contribution >= 0.6 is 0 Å². The van der Waals surface area contributed by atoms with Crippen molar-refractivity contribution in [1.29, 1.82) is 0 Å². The fourth-order valence-electron chi connectivity index (χ4n) is 2.41. The van der Waals surface area contributed by atoms with Gasteiger partial charge in [0.2, 0.25) is 11.8 Å². The molecule has 0 aliphatic carbocycles. The maximum atomic E-state index is 12.1. The lowest BCUT2D eigenvalue weighted by molar-refractivity contribution is -0.127. The largest absolute Gasteiger partial charge is 0.368 e. The average Bonchev–Trinajstić information content (AvgIpc) is 2.55. The summed E-state index contributed by atoms with van der Waals surface area (Å²) in [5.41, 5.74) is 8.53. The van der Waals surface area contributed by atoms with Gasteiger partial charge in [-0.1, -0.05) is 60.2 Å². The van der Waals surface area contributed by atoms with Crippen LogP contribution in [-0.2, 0) is 16.0 Å². The number of primary amides is 1. The molecule has 0 heterocycles. The molecule has 0 fully saturated rings. The molecule has 120 valence electrons. The van der Waals surface area contributed by atoms with Gasteiger partial charge in [0.1, 0.15) is 6.04 Å². The van der Waals surface area contributed by atoms with Crippen molar-refractivity contribution in [1.82, 2.24) is 5.32 Å². The number of amides is 2. The molecule has 0 aromatic heterocycles. The zero-order chi connectivity index (χ0) is 16.7. The van der Waals surface area contributed by atoms with E-state index >= 15 is 0 Å². The van der Waals surface area contributed by atoms with Crippen LogP contribution in [-0.4, -0.2) is 11.8 Å². The van der Waals surface area contributed by atoms with Crippen molar-refractivity contribution < 1.29 is 9.59 Å². The fourth-order valence-corrected chi connectivity index (χ4v) is 2.41. The molecule has 0 aliphatic heterocycles. The smallest absolute Gasteiger partial charge is 0.244 e. The van der Waals surface area contributed by atoms with Gasteiger partial charge in [0.05, 0.1) is 0 Å². The number of nitrogens with one attached hydrogen (secondary N) is 1. The summed E-state index contributed by atoms with van der Waals surface area (Å²) in [5.74, 6) is -0.715. The van der Waals surface area contributed by atoms with Crippen LogP contribution in [0, 0.1) is 6.92 Å². The monoisotopic (exact) mass is 310 g/mol. The van der Waals surface area contributed by atoms with Crippen LogP contribution in [0.15, 0.2) is 54.6 Å². The predicted octanol–water partition coefficient (Wildman–Crippen LogP) is 2.66. The van der Waals surface area contributed by atoms with E-state index in [1.54, 1.807) is 12.1 Å². The minimum Gasteiger partial charge on any atom is -0.368 e. The Morgan fingerprint density at radius 3 is 2.30 bits per heavy atom. The molecule has 23 heavy (non-hydrogen) atoms. The molecule has 1 atom stereocenters. The van der Waals surface area contributed by atoms with E-state index in [9.17, 15) is 9.59 Å². The minimum atomic E-state index is -0.775. The molecule has 0 unspecified atom stereocenters. The van der Waals surface area contributed by atoms with E-state index in [1.165, 1.54) is 11.1 Å². The van der Waals surface area contributed by atoms with Crippen LogP contribution < -0.4 is 11.1 Å². The normalized spacial score (nSPS) is 11.7. The summed E-state index contributed by atoms with van der Waals surface area (Å²) in [7, 11) is 0. The lowest BCUT2D eigenvalue weighted by Gasteiger charge is -2.15. The van der Waals surface area contributed by atoms with Gasteiger partial charge in [-0.2, -0.15) is 0 Å². The quantitative estimate of drug-likeness (QED) is 0.825. The third-order valence-corrected chi connectivity index (χ3v) is 3.71. The molecule has 0 aliphatic rings. The lowest BCUT2D eigenvalue weighted by atomic mass is 10.0. The van der Waals surface area contributed by atoms with Gasteiger partial charge in [-0.05, 0) is 30.9 Å². The van der Waals surface area contributed by atoms with Crippen LogP contribution in [0.2, 0.25) is 0 Å². The first kappa shape index (κ1) is 16.7. The van der Waals surface area contributed by atoms with Crippen molar-refractivity contribution in [2.24, 2.45) is 5.73 Å². The summed E-state index contributed by atoms with van der Waals surface area (Å²) in [6.45, 7) is 2.05. The molecule has 0 spiro atoms. The Labute approximate surface area is 136 Å². The van der Waals surface area contributed by atoms with Gasteiger partial charge in [-0.25, -0.2) is 0 Å². The van der Waals surface area contributed by atoms with E-state index in [-0.39, 0.29) is 5.91 Å². The maximum Gasteiger partial charge on any atom is 0.244 e. The molecule has 2 aromatic rings. The number of benzene rings is 2. The number of carbonyl (C=O) groups is 2. The van der Waals surface area contributed by atoms with Gasteiger partial charge in [0.15, 0.2) is 0 Å². The van der Waals surface area contributed by atoms with E-state index in [4.69, 9.17) is 5.73 Å². The van der Waals surface area contributed by atoms with E-state index in [0.717, 1.165) is 12.8 Å². The predicted molar refractivity (Wildman–Crippen MR) is 90.6 cm³/mol.